The summed E-state index contributed by atoms with van der Waals surface area (Å²) in [6, 6.07) is -0.919. The zero-order valence-electron chi connectivity index (χ0n) is 39.3. The van der Waals surface area contributed by atoms with Crippen molar-refractivity contribution in [3.05, 3.63) is 0 Å². The Balaban J connectivity index is 3.76. The number of carboxylic acids is 1. The molecule has 1 rings (SSSR count). The number of nitrogens with zero attached hydrogens (tertiary/aromatic N) is 1. The Hall–Kier alpha value is -3.79. The van der Waals surface area contributed by atoms with Crippen LogP contribution in [0.2, 0.25) is 0 Å². The molecule has 3 N–H and O–H groups in total. The third-order valence-electron chi connectivity index (χ3n) is 11.0. The molecule has 1 amide bonds. The number of amides is 1. The van der Waals surface area contributed by atoms with Gasteiger partial charge in [0, 0.05) is 44.1 Å². The summed E-state index contributed by atoms with van der Waals surface area (Å²) in [5.41, 5.74) is -4.58. The number of nitrogens with one attached hydrogen (secondary N) is 1. The molecule has 0 aromatic heterocycles. The van der Waals surface area contributed by atoms with Gasteiger partial charge in [-0.2, -0.15) is 0 Å². The summed E-state index contributed by atoms with van der Waals surface area (Å²) in [4.78, 5) is 96.7. The van der Waals surface area contributed by atoms with Gasteiger partial charge in [-0.1, -0.05) is 34.6 Å². The maximum absolute atomic E-state index is 14.2. The molecule has 6 unspecified atom stereocenters. The normalized spacial score (nSPS) is 17.4. The van der Waals surface area contributed by atoms with Crippen LogP contribution in [0.3, 0.4) is 0 Å². The average molecular weight is 871 g/mol. The van der Waals surface area contributed by atoms with Crippen LogP contribution in [0.1, 0.15) is 134 Å². The van der Waals surface area contributed by atoms with Gasteiger partial charge in [0.15, 0.2) is 0 Å². The number of likely N-dealkylation sites (tertiary alicyclic amines) is 1. The van der Waals surface area contributed by atoms with Crippen LogP contribution in [-0.4, -0.2) is 122 Å². The second kappa shape index (κ2) is 24.7. The number of aliphatic carboxylic acids is 1. The lowest BCUT2D eigenvalue weighted by atomic mass is 9.68. The average Bonchev–Trinajstić information content (AvgIpc) is 3.60. The third kappa shape index (κ3) is 18.6. The lowest BCUT2D eigenvalue weighted by Gasteiger charge is -2.40. The molecule has 1 aliphatic heterocycles. The van der Waals surface area contributed by atoms with Crippen molar-refractivity contribution in [2.24, 2.45) is 45.8 Å². The number of ether oxygens (including phenoxy) is 5. The smallest absolute Gasteiger partial charge is 0.311 e. The number of carboxylic acid groups (broad SMARTS) is 1. The van der Waals surface area contributed by atoms with Crippen molar-refractivity contribution in [1.29, 1.82) is 0 Å². The van der Waals surface area contributed by atoms with E-state index < -0.39 is 75.9 Å². The van der Waals surface area contributed by atoms with Crippen molar-refractivity contribution in [1.82, 2.24) is 10.2 Å². The maximum Gasteiger partial charge on any atom is 0.311 e. The summed E-state index contributed by atoms with van der Waals surface area (Å²) in [6.45, 7) is 21.7. The van der Waals surface area contributed by atoms with Crippen LogP contribution >= 0.6 is 0 Å². The van der Waals surface area contributed by atoms with Crippen molar-refractivity contribution in [2.45, 2.75) is 146 Å². The fourth-order valence-electron chi connectivity index (χ4n) is 7.83. The molecule has 352 valence electrons. The summed E-state index contributed by atoms with van der Waals surface area (Å²) >= 11 is 0. The van der Waals surface area contributed by atoms with E-state index in [9.17, 15) is 43.8 Å². The predicted molar refractivity (Wildman–Crippen MR) is 227 cm³/mol. The minimum Gasteiger partial charge on any atom is -0.481 e. The first-order chi connectivity index (χ1) is 28.1. The lowest BCUT2D eigenvalue weighted by molar-refractivity contribution is -0.168. The van der Waals surface area contributed by atoms with E-state index in [-0.39, 0.29) is 108 Å². The molecule has 0 aliphatic carbocycles. The topological polar surface area (TPSA) is 221 Å². The van der Waals surface area contributed by atoms with Crippen LogP contribution in [0.5, 0.6) is 0 Å². The summed E-state index contributed by atoms with van der Waals surface area (Å²) in [7, 11) is 1.18. The van der Waals surface area contributed by atoms with E-state index in [1.54, 1.807) is 20.8 Å². The lowest BCUT2D eigenvalue weighted by Crippen LogP contribution is -2.47. The third-order valence-corrected chi connectivity index (χ3v) is 11.0. The van der Waals surface area contributed by atoms with Gasteiger partial charge in [-0.25, -0.2) is 0 Å². The molecule has 1 fully saturated rings. The highest BCUT2D eigenvalue weighted by Crippen LogP contribution is 2.44. The van der Waals surface area contributed by atoms with Crippen LogP contribution in [0.25, 0.3) is 0 Å². The number of rotatable bonds is 28. The quantitative estimate of drug-likeness (QED) is 0.0513. The highest BCUT2D eigenvalue weighted by Gasteiger charge is 2.50. The predicted octanol–water partition coefficient (Wildman–Crippen LogP) is 5.35. The minimum atomic E-state index is -1.61. The molecule has 16 heteroatoms. The highest BCUT2D eigenvalue weighted by molar-refractivity contribution is 5.84. The van der Waals surface area contributed by atoms with E-state index in [0.717, 1.165) is 0 Å². The zero-order chi connectivity index (χ0) is 46.9. The maximum atomic E-state index is 14.2. The first-order valence-electron chi connectivity index (χ1n) is 21.8. The molecule has 16 nitrogen and oxygen atoms in total. The van der Waals surface area contributed by atoms with Crippen molar-refractivity contribution in [3.63, 3.8) is 0 Å². The Morgan fingerprint density at radius 3 is 1.82 bits per heavy atom. The SMILES string of the molecule is COC(=O)C(C)(CC(CC(CC(C)(CC(C(=O)OCC(C)C)C(C)C(=O)OCC(C)C)C(=O)OCCCO)N1CCCC1=O)C(=O)O)CC(C)(C)C(=O)OCCNC(C)(C)C. The number of hydrogen-bond donors (Lipinski definition) is 3. The summed E-state index contributed by atoms with van der Waals surface area (Å²) in [5.74, 6) is -8.60. The fourth-order valence-corrected chi connectivity index (χ4v) is 7.83. The molecule has 0 aromatic carbocycles. The number of aliphatic hydroxyl groups excluding tert-OH is 1. The summed E-state index contributed by atoms with van der Waals surface area (Å²) < 4.78 is 27.6. The van der Waals surface area contributed by atoms with Crippen LogP contribution in [0.4, 0.5) is 0 Å². The first kappa shape index (κ1) is 55.2. The van der Waals surface area contributed by atoms with Crippen molar-refractivity contribution < 1.29 is 67.5 Å². The van der Waals surface area contributed by atoms with Crippen molar-refractivity contribution in [3.8, 4) is 0 Å². The molecule has 0 spiro atoms. The van der Waals surface area contributed by atoms with Gasteiger partial charge >= 0.3 is 35.8 Å². The summed E-state index contributed by atoms with van der Waals surface area (Å²) in [6.07, 6.45) is -0.310. The molecule has 1 saturated heterocycles. The van der Waals surface area contributed by atoms with E-state index >= 15 is 0 Å². The van der Waals surface area contributed by atoms with E-state index in [1.165, 1.54) is 25.9 Å². The number of methoxy groups -OCH3 is 1. The number of carbonyl (C=O) groups is 7. The van der Waals surface area contributed by atoms with Crippen LogP contribution < -0.4 is 5.32 Å². The van der Waals surface area contributed by atoms with Crippen LogP contribution in [0, 0.1) is 45.8 Å². The monoisotopic (exact) mass is 871 g/mol. The second-order valence-corrected chi connectivity index (χ2v) is 19.9. The molecule has 61 heavy (non-hydrogen) atoms. The molecule has 0 bridgehead atoms. The largest absolute Gasteiger partial charge is 0.481 e. The van der Waals surface area contributed by atoms with Crippen LogP contribution in [0.15, 0.2) is 0 Å². The van der Waals surface area contributed by atoms with Gasteiger partial charge in [0.05, 0.1) is 60.9 Å². The Bertz CT molecular complexity index is 1470. The molecule has 6 atom stereocenters. The van der Waals surface area contributed by atoms with E-state index in [4.69, 9.17) is 23.7 Å². The highest BCUT2D eigenvalue weighted by atomic mass is 16.6. The molecule has 0 aromatic rings. The number of esters is 5. The van der Waals surface area contributed by atoms with Gasteiger partial charge in [-0.15, -0.1) is 0 Å². The van der Waals surface area contributed by atoms with Crippen molar-refractivity contribution in [2.75, 3.05) is 53.2 Å². The molecular formula is C45H78N2O14. The first-order valence-corrected chi connectivity index (χ1v) is 21.8. The Morgan fingerprint density at radius 1 is 0.754 bits per heavy atom. The zero-order valence-corrected chi connectivity index (χ0v) is 39.3. The molecule has 0 radical (unpaired) electrons. The van der Waals surface area contributed by atoms with Gasteiger partial charge in [0.25, 0.3) is 0 Å². The Morgan fingerprint density at radius 2 is 1.33 bits per heavy atom. The van der Waals surface area contributed by atoms with Gasteiger partial charge < -0.3 is 44.1 Å². The number of aliphatic hydroxyl groups is 1. The van der Waals surface area contributed by atoms with Gasteiger partial charge in [0.2, 0.25) is 5.91 Å². The van der Waals surface area contributed by atoms with Crippen molar-refractivity contribution >= 4 is 41.7 Å². The fraction of sp³-hybridized carbons (Fsp3) is 0.844. The summed E-state index contributed by atoms with van der Waals surface area (Å²) in [5, 5.41) is 23.5. The standard InChI is InChI=1S/C45H78N2O14/c1-29(2)26-60-37(52)31(5)34(38(53)61-27-30(3)4)25-44(11,41(56)58-20-15-19-48)24-33(47-18-14-16-35(47)49)22-32(36(50)51)23-45(12,40(55)57-13)28-43(9,10)39(54)59-21-17-46-42(6,7)8/h29-34,46,48H,14-28H2,1-13H3,(H,50,51). The Labute approximate surface area is 363 Å². The van der Waals surface area contributed by atoms with E-state index in [1.807, 2.05) is 48.5 Å². The van der Waals surface area contributed by atoms with E-state index in [2.05, 4.69) is 5.32 Å². The second-order valence-electron chi connectivity index (χ2n) is 19.9. The molecular weight excluding hydrogens is 792 g/mol. The molecule has 0 saturated carbocycles. The minimum absolute atomic E-state index is 0.0112. The van der Waals surface area contributed by atoms with E-state index in [0.29, 0.717) is 13.0 Å². The number of carbonyl (C=O) groups excluding carboxylic acids is 6. The number of hydrogen-bond acceptors (Lipinski definition) is 14. The molecule has 1 aliphatic rings. The van der Waals surface area contributed by atoms with Gasteiger partial charge in [-0.3, -0.25) is 33.6 Å². The van der Waals surface area contributed by atoms with Crippen LogP contribution in [-0.2, 0) is 57.2 Å². The molecule has 1 heterocycles. The van der Waals surface area contributed by atoms with Gasteiger partial charge in [-0.05, 0) is 98.8 Å². The Kier molecular flexibility index (Phi) is 22.4. The van der Waals surface area contributed by atoms with Gasteiger partial charge in [0.1, 0.15) is 6.61 Å².